The number of amides is 1. The van der Waals surface area contributed by atoms with Crippen LogP contribution in [0.3, 0.4) is 0 Å². The lowest BCUT2D eigenvalue weighted by Gasteiger charge is -2.03. The van der Waals surface area contributed by atoms with Crippen LogP contribution in [0.25, 0.3) is 11.3 Å². The van der Waals surface area contributed by atoms with Crippen LogP contribution in [0.1, 0.15) is 21.7 Å². The van der Waals surface area contributed by atoms with E-state index in [9.17, 15) is 20.0 Å². The van der Waals surface area contributed by atoms with E-state index in [0.29, 0.717) is 27.7 Å². The molecular formula is C19H14ClN3O5. The monoisotopic (exact) mass is 399 g/mol. The lowest BCUT2D eigenvalue weighted by atomic mass is 10.1. The van der Waals surface area contributed by atoms with Crippen LogP contribution in [-0.4, -0.2) is 22.2 Å². The number of rotatable bonds is 5. The number of halogens is 1. The fourth-order valence-electron chi connectivity index (χ4n) is 2.56. The van der Waals surface area contributed by atoms with Crippen molar-refractivity contribution in [3.63, 3.8) is 0 Å². The Morgan fingerprint density at radius 2 is 2.07 bits per heavy atom. The van der Waals surface area contributed by atoms with E-state index in [1.165, 1.54) is 30.5 Å². The van der Waals surface area contributed by atoms with Gasteiger partial charge in [-0.15, -0.1) is 0 Å². The molecular weight excluding hydrogens is 386 g/mol. The van der Waals surface area contributed by atoms with Gasteiger partial charge >= 0.3 is 0 Å². The van der Waals surface area contributed by atoms with Crippen LogP contribution in [0.2, 0.25) is 5.02 Å². The third-order valence-electron chi connectivity index (χ3n) is 3.96. The Balaban J connectivity index is 1.75. The van der Waals surface area contributed by atoms with E-state index in [0.717, 1.165) is 0 Å². The Morgan fingerprint density at radius 3 is 2.82 bits per heavy atom. The number of hydrogen-bond donors (Lipinski definition) is 2. The van der Waals surface area contributed by atoms with Crippen LogP contribution in [0.4, 0.5) is 5.69 Å². The van der Waals surface area contributed by atoms with Gasteiger partial charge in [0.05, 0.1) is 16.7 Å². The molecule has 3 rings (SSSR count). The highest BCUT2D eigenvalue weighted by Gasteiger charge is 2.16. The fraction of sp³-hybridized carbons (Fsp3) is 0.0526. The zero-order valence-corrected chi connectivity index (χ0v) is 15.3. The first kappa shape index (κ1) is 19.1. The van der Waals surface area contributed by atoms with E-state index in [-0.39, 0.29) is 17.0 Å². The van der Waals surface area contributed by atoms with Gasteiger partial charge in [-0.05, 0) is 37.3 Å². The maximum atomic E-state index is 12.0. The van der Waals surface area contributed by atoms with E-state index in [1.807, 2.05) is 0 Å². The van der Waals surface area contributed by atoms with Crippen molar-refractivity contribution in [1.29, 1.82) is 0 Å². The number of hydrazone groups is 1. The number of nitro benzene ring substituents is 1. The summed E-state index contributed by atoms with van der Waals surface area (Å²) in [7, 11) is 0. The minimum atomic E-state index is -0.641. The standard InChI is InChI=1S/C19H14ClN3O5/c1-11-14(3-2-4-16(11)23(26)27)18-8-6-13(28-18)10-21-22-19(25)15-9-12(20)5-7-17(15)24/h2-10,24H,1H3,(H,22,25). The van der Waals surface area contributed by atoms with Crippen molar-refractivity contribution in [2.75, 3.05) is 0 Å². The number of furan rings is 1. The highest BCUT2D eigenvalue weighted by Crippen LogP contribution is 2.30. The quantitative estimate of drug-likeness (QED) is 0.377. The maximum absolute atomic E-state index is 12.0. The summed E-state index contributed by atoms with van der Waals surface area (Å²) in [6.45, 7) is 1.64. The first-order chi connectivity index (χ1) is 13.4. The molecule has 0 saturated heterocycles. The van der Waals surface area contributed by atoms with Crippen molar-refractivity contribution >= 4 is 29.4 Å². The van der Waals surface area contributed by atoms with Gasteiger partial charge in [-0.3, -0.25) is 14.9 Å². The largest absolute Gasteiger partial charge is 0.507 e. The minimum Gasteiger partial charge on any atom is -0.507 e. The van der Waals surface area contributed by atoms with E-state index < -0.39 is 10.8 Å². The highest BCUT2D eigenvalue weighted by atomic mass is 35.5. The van der Waals surface area contributed by atoms with Gasteiger partial charge in [0, 0.05) is 22.2 Å². The van der Waals surface area contributed by atoms with Gasteiger partial charge in [-0.25, -0.2) is 5.43 Å². The van der Waals surface area contributed by atoms with Gasteiger partial charge in [0.2, 0.25) is 0 Å². The Bertz CT molecular complexity index is 1090. The van der Waals surface area contributed by atoms with Crippen LogP contribution in [0.5, 0.6) is 5.75 Å². The molecule has 0 aliphatic rings. The zero-order valence-electron chi connectivity index (χ0n) is 14.5. The molecule has 9 heteroatoms. The SMILES string of the molecule is Cc1c(-c2ccc(C=NNC(=O)c3cc(Cl)ccc3O)o2)cccc1[N+](=O)[O-]. The first-order valence-corrected chi connectivity index (χ1v) is 8.40. The Kier molecular flexibility index (Phi) is 5.42. The number of phenolic OH excluding ortho intramolecular Hbond substituents is 1. The molecule has 2 aromatic carbocycles. The van der Waals surface area contributed by atoms with Crippen LogP contribution in [-0.2, 0) is 0 Å². The normalized spacial score (nSPS) is 10.9. The molecule has 0 atom stereocenters. The van der Waals surface area contributed by atoms with Gasteiger partial charge in [-0.2, -0.15) is 5.10 Å². The second kappa shape index (κ2) is 7.93. The summed E-state index contributed by atoms with van der Waals surface area (Å²) in [6.07, 6.45) is 1.27. The van der Waals surface area contributed by atoms with Gasteiger partial charge in [0.1, 0.15) is 17.3 Å². The molecule has 0 radical (unpaired) electrons. The van der Waals surface area contributed by atoms with Crippen LogP contribution < -0.4 is 5.43 Å². The molecule has 0 bridgehead atoms. The van der Waals surface area contributed by atoms with Gasteiger partial charge in [0.15, 0.2) is 0 Å². The summed E-state index contributed by atoms with van der Waals surface area (Å²) in [6, 6.07) is 12.1. The molecule has 2 N–H and O–H groups in total. The lowest BCUT2D eigenvalue weighted by Crippen LogP contribution is -2.17. The van der Waals surface area contributed by atoms with Crippen LogP contribution in [0, 0.1) is 17.0 Å². The van der Waals surface area contributed by atoms with Crippen molar-refractivity contribution < 1.29 is 19.2 Å². The molecule has 28 heavy (non-hydrogen) atoms. The van der Waals surface area contributed by atoms with Crippen LogP contribution >= 0.6 is 11.6 Å². The van der Waals surface area contributed by atoms with Crippen molar-refractivity contribution in [3.8, 4) is 17.1 Å². The second-order valence-corrected chi connectivity index (χ2v) is 6.21. The molecule has 0 saturated carbocycles. The van der Waals surface area contributed by atoms with Crippen molar-refractivity contribution in [2.45, 2.75) is 6.92 Å². The number of aromatic hydroxyl groups is 1. The topological polar surface area (TPSA) is 118 Å². The molecule has 142 valence electrons. The van der Waals surface area contributed by atoms with E-state index >= 15 is 0 Å². The van der Waals surface area contributed by atoms with Crippen molar-refractivity contribution in [1.82, 2.24) is 5.43 Å². The molecule has 8 nitrogen and oxygen atoms in total. The maximum Gasteiger partial charge on any atom is 0.275 e. The van der Waals surface area contributed by atoms with Gasteiger partial charge in [-0.1, -0.05) is 23.7 Å². The average Bonchev–Trinajstić information content (AvgIpc) is 3.12. The predicted molar refractivity (Wildman–Crippen MR) is 104 cm³/mol. The fourth-order valence-corrected chi connectivity index (χ4v) is 2.73. The Labute approximate surface area is 164 Å². The predicted octanol–water partition coefficient (Wildman–Crippen LogP) is 4.29. The zero-order chi connectivity index (χ0) is 20.3. The minimum absolute atomic E-state index is 0.00212. The average molecular weight is 400 g/mol. The third-order valence-corrected chi connectivity index (χ3v) is 4.19. The summed E-state index contributed by atoms with van der Waals surface area (Å²) in [4.78, 5) is 22.7. The van der Waals surface area contributed by atoms with E-state index in [1.54, 1.807) is 31.2 Å². The molecule has 0 unspecified atom stereocenters. The molecule has 0 aliphatic heterocycles. The van der Waals surface area contributed by atoms with Crippen molar-refractivity contribution in [2.24, 2.45) is 5.10 Å². The van der Waals surface area contributed by atoms with E-state index in [4.69, 9.17) is 16.0 Å². The third kappa shape index (κ3) is 4.02. The summed E-state index contributed by atoms with van der Waals surface area (Å²) in [5.74, 6) is -0.103. The second-order valence-electron chi connectivity index (χ2n) is 5.77. The number of carbonyl (C=O) groups excluding carboxylic acids is 1. The molecule has 0 spiro atoms. The summed E-state index contributed by atoms with van der Waals surface area (Å²) in [5.41, 5.74) is 3.31. The lowest BCUT2D eigenvalue weighted by molar-refractivity contribution is -0.385. The number of benzene rings is 2. The van der Waals surface area contributed by atoms with Crippen LogP contribution in [0.15, 0.2) is 58.0 Å². The first-order valence-electron chi connectivity index (χ1n) is 8.03. The molecule has 1 amide bonds. The summed E-state index contributed by atoms with van der Waals surface area (Å²) in [5, 5.41) is 24.8. The summed E-state index contributed by atoms with van der Waals surface area (Å²) >= 11 is 5.81. The highest BCUT2D eigenvalue weighted by molar-refractivity contribution is 6.31. The summed E-state index contributed by atoms with van der Waals surface area (Å²) < 4.78 is 5.62. The van der Waals surface area contributed by atoms with Gasteiger partial charge < -0.3 is 9.52 Å². The Morgan fingerprint density at radius 1 is 1.29 bits per heavy atom. The number of hydrogen-bond acceptors (Lipinski definition) is 6. The smallest absolute Gasteiger partial charge is 0.275 e. The van der Waals surface area contributed by atoms with Gasteiger partial charge in [0.25, 0.3) is 11.6 Å². The number of nitrogens with zero attached hydrogens (tertiary/aromatic N) is 2. The molecule has 3 aromatic rings. The molecule has 1 heterocycles. The number of nitro groups is 1. The molecule has 1 aromatic heterocycles. The van der Waals surface area contributed by atoms with E-state index in [2.05, 4.69) is 10.5 Å². The number of nitrogens with one attached hydrogen (secondary N) is 1. The van der Waals surface area contributed by atoms with Crippen molar-refractivity contribution in [3.05, 3.63) is 80.6 Å². The Hall–Kier alpha value is -3.65. The molecule has 0 fully saturated rings. The number of phenols is 1. The number of carbonyl (C=O) groups is 1. The molecule has 0 aliphatic carbocycles.